The quantitative estimate of drug-likeness (QED) is 0.401. The molecule has 0 bridgehead atoms. The average Bonchev–Trinajstić information content (AvgIpc) is 3.23. The second-order valence-corrected chi connectivity index (χ2v) is 10.3. The van der Waals surface area contributed by atoms with E-state index in [4.69, 9.17) is 21.3 Å². The number of hydrogen-bond donors (Lipinski definition) is 0. The number of fused-ring (bicyclic) bond motifs is 1. The zero-order chi connectivity index (χ0) is 23.3. The molecule has 0 amide bonds. The van der Waals surface area contributed by atoms with Gasteiger partial charge in [0.15, 0.2) is 0 Å². The van der Waals surface area contributed by atoms with Crippen LogP contribution in [0, 0.1) is 6.92 Å². The highest BCUT2D eigenvalue weighted by molar-refractivity contribution is 6.30. The highest BCUT2D eigenvalue weighted by Crippen LogP contribution is 2.24. The Hall–Kier alpha value is -2.08. The van der Waals surface area contributed by atoms with E-state index in [9.17, 15) is 0 Å². The lowest BCUT2D eigenvalue weighted by Crippen LogP contribution is -2.46. The maximum absolute atomic E-state index is 6.07. The summed E-state index contributed by atoms with van der Waals surface area (Å²) in [5.41, 5.74) is 3.50. The lowest BCUT2D eigenvalue weighted by atomic mass is 10.00. The van der Waals surface area contributed by atoms with E-state index in [0.29, 0.717) is 6.61 Å². The molecule has 0 aliphatic carbocycles. The van der Waals surface area contributed by atoms with Crippen molar-refractivity contribution in [3.63, 3.8) is 0 Å². The Balaban J connectivity index is 1.19. The summed E-state index contributed by atoms with van der Waals surface area (Å²) in [5, 5.41) is 0.718. The van der Waals surface area contributed by atoms with Crippen LogP contribution in [0.4, 0.5) is 0 Å². The molecule has 0 spiro atoms. The minimum atomic E-state index is 0.455. The third kappa shape index (κ3) is 5.59. The largest absolute Gasteiger partial charge is 0.486 e. The van der Waals surface area contributed by atoms with Gasteiger partial charge in [-0.25, -0.2) is 4.98 Å². The maximum Gasteiger partial charge on any atom is 0.148 e. The van der Waals surface area contributed by atoms with Gasteiger partial charge in [0.2, 0.25) is 0 Å². The van der Waals surface area contributed by atoms with Crippen LogP contribution < -0.4 is 4.74 Å². The molecule has 2 aliphatic heterocycles. The van der Waals surface area contributed by atoms with E-state index in [1.54, 1.807) is 0 Å². The molecular formula is C28H37ClN4O. The van der Waals surface area contributed by atoms with Crippen molar-refractivity contribution in [3.8, 4) is 5.75 Å². The molecule has 0 radical (unpaired) electrons. The van der Waals surface area contributed by atoms with Crippen molar-refractivity contribution in [1.29, 1.82) is 0 Å². The van der Waals surface area contributed by atoms with Crippen LogP contribution in [0.25, 0.3) is 11.0 Å². The molecule has 6 heteroatoms. The molecule has 2 fully saturated rings. The molecule has 2 saturated heterocycles. The third-order valence-corrected chi connectivity index (χ3v) is 7.81. The Kier molecular flexibility index (Phi) is 7.73. The summed E-state index contributed by atoms with van der Waals surface area (Å²) in [7, 11) is 0. The Morgan fingerprint density at radius 2 is 1.71 bits per heavy atom. The molecule has 5 nitrogen and oxygen atoms in total. The topological polar surface area (TPSA) is 33.5 Å². The van der Waals surface area contributed by atoms with E-state index < -0.39 is 0 Å². The number of likely N-dealkylation sites (tertiary alicyclic amines) is 2. The first-order valence-corrected chi connectivity index (χ1v) is 13.3. The highest BCUT2D eigenvalue weighted by atomic mass is 35.5. The number of rotatable bonds is 8. The lowest BCUT2D eigenvalue weighted by Gasteiger charge is -2.40. The van der Waals surface area contributed by atoms with Gasteiger partial charge in [0.1, 0.15) is 18.2 Å². The molecule has 3 heterocycles. The van der Waals surface area contributed by atoms with Gasteiger partial charge in [-0.05, 0) is 108 Å². The van der Waals surface area contributed by atoms with Crippen LogP contribution in [-0.4, -0.2) is 58.1 Å². The second kappa shape index (κ2) is 11.1. The number of para-hydroxylation sites is 1. The van der Waals surface area contributed by atoms with E-state index >= 15 is 0 Å². The van der Waals surface area contributed by atoms with Crippen LogP contribution in [0.1, 0.15) is 49.9 Å². The molecule has 2 aromatic carbocycles. The van der Waals surface area contributed by atoms with Gasteiger partial charge in [0, 0.05) is 17.6 Å². The summed E-state index contributed by atoms with van der Waals surface area (Å²) in [6.45, 7) is 9.81. The molecule has 3 aromatic rings. The number of piperidine rings is 2. The molecule has 0 saturated carbocycles. The summed E-state index contributed by atoms with van der Waals surface area (Å²) >= 11 is 6.02. The van der Waals surface area contributed by atoms with Gasteiger partial charge in [0.25, 0.3) is 0 Å². The average molecular weight is 481 g/mol. The van der Waals surface area contributed by atoms with Crippen molar-refractivity contribution < 1.29 is 4.74 Å². The normalized spacial score (nSPS) is 18.5. The van der Waals surface area contributed by atoms with Gasteiger partial charge in [-0.2, -0.15) is 0 Å². The SMILES string of the molecule is Cc1cccc2c1nc(COc1ccc(Cl)cc1)n2CCCN1CCC(N2CCCCC2)CC1. The zero-order valence-electron chi connectivity index (χ0n) is 20.4. The smallest absolute Gasteiger partial charge is 0.148 e. The van der Waals surface area contributed by atoms with Gasteiger partial charge in [0.05, 0.1) is 11.0 Å². The Morgan fingerprint density at radius 3 is 2.47 bits per heavy atom. The summed E-state index contributed by atoms with van der Waals surface area (Å²) in [5.74, 6) is 1.80. The first-order valence-electron chi connectivity index (χ1n) is 13.0. The van der Waals surface area contributed by atoms with E-state index in [-0.39, 0.29) is 0 Å². The first-order chi connectivity index (χ1) is 16.7. The molecule has 0 atom stereocenters. The monoisotopic (exact) mass is 480 g/mol. The van der Waals surface area contributed by atoms with Crippen LogP contribution in [0.15, 0.2) is 42.5 Å². The van der Waals surface area contributed by atoms with Crippen LogP contribution in [0.2, 0.25) is 5.02 Å². The van der Waals surface area contributed by atoms with Gasteiger partial charge in [-0.3, -0.25) is 0 Å². The number of aryl methyl sites for hydroxylation is 2. The molecule has 2 aliphatic rings. The third-order valence-electron chi connectivity index (χ3n) is 7.56. The minimum Gasteiger partial charge on any atom is -0.486 e. The molecule has 182 valence electrons. The van der Waals surface area contributed by atoms with Crippen LogP contribution in [-0.2, 0) is 13.2 Å². The van der Waals surface area contributed by atoms with Crippen molar-refractivity contribution >= 4 is 22.6 Å². The van der Waals surface area contributed by atoms with E-state index in [2.05, 4.69) is 39.5 Å². The predicted molar refractivity (Wildman–Crippen MR) is 140 cm³/mol. The summed E-state index contributed by atoms with van der Waals surface area (Å²) in [6, 6.07) is 14.8. The molecule has 1 aromatic heterocycles. The number of benzene rings is 2. The Morgan fingerprint density at radius 1 is 0.941 bits per heavy atom. The zero-order valence-corrected chi connectivity index (χ0v) is 21.1. The highest BCUT2D eigenvalue weighted by Gasteiger charge is 2.25. The summed E-state index contributed by atoms with van der Waals surface area (Å²) in [4.78, 5) is 10.4. The standard InChI is InChI=1S/C28H37ClN4O/c1-22-7-5-8-26-28(22)30-27(21-34-25-11-9-23(29)10-12-25)33(26)18-6-15-31-19-13-24(14-20-31)32-16-3-2-4-17-32/h5,7-12,24H,2-4,6,13-21H2,1H3. The molecule has 0 unspecified atom stereocenters. The fraction of sp³-hybridized carbons (Fsp3) is 0.536. The number of aromatic nitrogens is 2. The number of hydrogen-bond acceptors (Lipinski definition) is 4. The molecule has 0 N–H and O–H groups in total. The molecular weight excluding hydrogens is 444 g/mol. The number of imidazole rings is 1. The maximum atomic E-state index is 6.07. The van der Waals surface area contributed by atoms with Crippen LogP contribution in [0.5, 0.6) is 5.75 Å². The molecule has 5 rings (SSSR count). The van der Waals surface area contributed by atoms with Gasteiger partial charge in [-0.15, -0.1) is 0 Å². The Labute approximate surface area is 208 Å². The lowest BCUT2D eigenvalue weighted by molar-refractivity contribution is 0.0916. The van der Waals surface area contributed by atoms with Crippen molar-refractivity contribution in [3.05, 3.63) is 58.9 Å². The van der Waals surface area contributed by atoms with Gasteiger partial charge >= 0.3 is 0 Å². The van der Waals surface area contributed by atoms with Crippen molar-refractivity contribution in [2.75, 3.05) is 32.7 Å². The van der Waals surface area contributed by atoms with Crippen molar-refractivity contribution in [2.24, 2.45) is 0 Å². The summed E-state index contributed by atoms with van der Waals surface area (Å²) < 4.78 is 8.43. The van der Waals surface area contributed by atoms with E-state index in [0.717, 1.165) is 47.7 Å². The number of nitrogens with zero attached hydrogens (tertiary/aromatic N) is 4. The predicted octanol–water partition coefficient (Wildman–Crippen LogP) is 5.92. The van der Waals surface area contributed by atoms with Crippen LogP contribution >= 0.6 is 11.6 Å². The molecule has 34 heavy (non-hydrogen) atoms. The van der Waals surface area contributed by atoms with Gasteiger partial charge < -0.3 is 19.1 Å². The van der Waals surface area contributed by atoms with Crippen molar-refractivity contribution in [1.82, 2.24) is 19.4 Å². The number of halogens is 1. The first kappa shape index (κ1) is 23.7. The van der Waals surface area contributed by atoms with Gasteiger partial charge in [-0.1, -0.05) is 30.2 Å². The second-order valence-electron chi connectivity index (χ2n) is 9.89. The fourth-order valence-electron chi connectivity index (χ4n) is 5.62. The fourth-order valence-corrected chi connectivity index (χ4v) is 5.74. The Bertz CT molecular complexity index is 1070. The number of ether oxygens (including phenoxy) is 1. The van der Waals surface area contributed by atoms with E-state index in [1.165, 1.54) is 69.4 Å². The van der Waals surface area contributed by atoms with Crippen LogP contribution in [0.3, 0.4) is 0 Å². The summed E-state index contributed by atoms with van der Waals surface area (Å²) in [6.07, 6.45) is 7.98. The minimum absolute atomic E-state index is 0.455. The van der Waals surface area contributed by atoms with Crippen molar-refractivity contribution in [2.45, 2.75) is 64.6 Å². The van der Waals surface area contributed by atoms with E-state index in [1.807, 2.05) is 24.3 Å².